The zero-order valence-corrected chi connectivity index (χ0v) is 13.2. The van der Waals surface area contributed by atoms with Gasteiger partial charge < -0.3 is 4.90 Å². The molecule has 1 aromatic rings. The third-order valence-corrected chi connectivity index (χ3v) is 4.38. The van der Waals surface area contributed by atoms with Gasteiger partial charge in [-0.3, -0.25) is 10.2 Å². The fourth-order valence-electron chi connectivity index (χ4n) is 3.40. The molecule has 4 nitrogen and oxygen atoms in total. The maximum absolute atomic E-state index is 12.0. The van der Waals surface area contributed by atoms with Crippen molar-refractivity contribution in [2.45, 2.75) is 51.6 Å². The molecular weight excluding hydrogens is 274 g/mol. The molecule has 1 aliphatic rings. The highest BCUT2D eigenvalue weighted by Crippen LogP contribution is 2.45. The van der Waals surface area contributed by atoms with Crippen LogP contribution in [0.1, 0.15) is 45.6 Å². The van der Waals surface area contributed by atoms with E-state index in [1.165, 1.54) is 5.56 Å². The van der Waals surface area contributed by atoms with Gasteiger partial charge in [0.15, 0.2) is 0 Å². The largest absolute Gasteiger partial charge is 0.354 e. The summed E-state index contributed by atoms with van der Waals surface area (Å²) in [5.41, 5.74) is 4.36. The van der Waals surface area contributed by atoms with Crippen molar-refractivity contribution in [2.24, 2.45) is 5.84 Å². The van der Waals surface area contributed by atoms with Crippen LogP contribution >= 0.6 is 11.6 Å². The van der Waals surface area contributed by atoms with Gasteiger partial charge in [-0.25, -0.2) is 5.84 Å². The second kappa shape index (κ2) is 5.26. The molecule has 1 aromatic carbocycles. The summed E-state index contributed by atoms with van der Waals surface area (Å²) < 4.78 is 0. The molecule has 3 N–H and O–H groups in total. The van der Waals surface area contributed by atoms with E-state index in [9.17, 15) is 4.79 Å². The Labute approximate surface area is 125 Å². The number of fused-ring (bicyclic) bond motifs is 1. The minimum atomic E-state index is -0.347. The molecule has 0 saturated carbocycles. The average Bonchev–Trinajstić information content (AvgIpc) is 2.35. The minimum Gasteiger partial charge on any atom is -0.354 e. The molecule has 1 amide bonds. The number of carbonyl (C=O) groups is 1. The van der Waals surface area contributed by atoms with E-state index in [2.05, 4.69) is 37.2 Å². The number of hydrogen-bond donors (Lipinski definition) is 2. The molecule has 5 heteroatoms. The number of hydrogen-bond acceptors (Lipinski definition) is 3. The third-order valence-electron chi connectivity index (χ3n) is 4.15. The molecule has 0 bridgehead atoms. The highest BCUT2D eigenvalue weighted by atomic mass is 35.5. The Hall–Kier alpha value is -1.26. The quantitative estimate of drug-likeness (QED) is 0.501. The molecule has 20 heavy (non-hydrogen) atoms. The van der Waals surface area contributed by atoms with E-state index in [0.717, 1.165) is 12.1 Å². The highest BCUT2D eigenvalue weighted by molar-refractivity contribution is 6.30. The van der Waals surface area contributed by atoms with Crippen molar-refractivity contribution in [2.75, 3.05) is 4.90 Å². The van der Waals surface area contributed by atoms with Crippen LogP contribution in [0.25, 0.3) is 0 Å². The van der Waals surface area contributed by atoms with E-state index in [0.29, 0.717) is 10.9 Å². The number of hydrazine groups is 1. The topological polar surface area (TPSA) is 58.4 Å². The van der Waals surface area contributed by atoms with Crippen LogP contribution in [0.5, 0.6) is 0 Å². The summed E-state index contributed by atoms with van der Waals surface area (Å²) in [5, 5.41) is 0.680. The first kappa shape index (κ1) is 15.1. The second-order valence-electron chi connectivity index (χ2n) is 6.18. The predicted octanol–water partition coefficient (Wildman–Crippen LogP) is 2.81. The third kappa shape index (κ3) is 2.50. The molecule has 2 rings (SSSR count). The minimum absolute atomic E-state index is 0.136. The number of rotatable bonds is 2. The van der Waals surface area contributed by atoms with Gasteiger partial charge in [0, 0.05) is 16.2 Å². The van der Waals surface area contributed by atoms with Gasteiger partial charge in [-0.1, -0.05) is 24.6 Å². The number of halogens is 1. The van der Waals surface area contributed by atoms with Crippen LogP contribution in [-0.4, -0.2) is 17.5 Å². The molecule has 0 aromatic heterocycles. The van der Waals surface area contributed by atoms with Gasteiger partial charge >= 0.3 is 0 Å². The Balaban J connectivity index is 2.56. The fourth-order valence-corrected chi connectivity index (χ4v) is 3.56. The number of nitrogens with two attached hydrogens (primary N) is 1. The van der Waals surface area contributed by atoms with Crippen molar-refractivity contribution in [1.82, 2.24) is 5.43 Å². The van der Waals surface area contributed by atoms with Crippen molar-refractivity contribution in [3.05, 3.63) is 28.8 Å². The molecule has 0 spiro atoms. The van der Waals surface area contributed by atoms with Crippen molar-refractivity contribution >= 4 is 23.2 Å². The number of nitrogens with one attached hydrogen (secondary N) is 1. The summed E-state index contributed by atoms with van der Waals surface area (Å²) in [4.78, 5) is 14.1. The summed E-state index contributed by atoms with van der Waals surface area (Å²) >= 11 is 6.15. The van der Waals surface area contributed by atoms with Crippen LogP contribution in [-0.2, 0) is 4.79 Å². The van der Waals surface area contributed by atoms with Crippen LogP contribution in [0, 0.1) is 0 Å². The number of nitrogens with zero attached hydrogens (tertiary/aromatic N) is 1. The van der Waals surface area contributed by atoms with Gasteiger partial charge in [0.1, 0.15) is 6.04 Å². The molecule has 2 atom stereocenters. The van der Waals surface area contributed by atoms with Crippen LogP contribution in [0.3, 0.4) is 0 Å². The van der Waals surface area contributed by atoms with E-state index in [1.807, 2.05) is 19.1 Å². The molecule has 0 saturated heterocycles. The molecule has 1 aliphatic heterocycles. The first-order chi connectivity index (χ1) is 9.27. The van der Waals surface area contributed by atoms with E-state index in [-0.39, 0.29) is 17.5 Å². The Morgan fingerprint density at radius 2 is 2.20 bits per heavy atom. The molecule has 0 radical (unpaired) electrons. The van der Waals surface area contributed by atoms with Crippen molar-refractivity contribution < 1.29 is 4.79 Å². The first-order valence-electron chi connectivity index (χ1n) is 6.87. The van der Waals surface area contributed by atoms with E-state index >= 15 is 0 Å². The SMILES string of the molecule is C[C@@H]1CC(C)(C)N([C@@H](C)C(=O)NN)c2cc(Cl)ccc21. The van der Waals surface area contributed by atoms with Crippen LogP contribution in [0.2, 0.25) is 5.02 Å². The Kier molecular flexibility index (Phi) is 3.98. The summed E-state index contributed by atoms with van der Waals surface area (Å²) in [6, 6.07) is 5.55. The Morgan fingerprint density at radius 1 is 1.55 bits per heavy atom. The average molecular weight is 296 g/mol. The van der Waals surface area contributed by atoms with E-state index < -0.39 is 0 Å². The first-order valence-corrected chi connectivity index (χ1v) is 7.25. The number of carbonyl (C=O) groups excluding carboxylic acids is 1. The predicted molar refractivity (Wildman–Crippen MR) is 82.8 cm³/mol. The summed E-state index contributed by atoms with van der Waals surface area (Å²) in [7, 11) is 0. The number of anilines is 1. The number of benzene rings is 1. The Bertz CT molecular complexity index is 530. The molecule has 0 aliphatic carbocycles. The standard InChI is InChI=1S/C15H22ClN3O/c1-9-8-15(3,4)19(10(2)14(20)18-17)13-7-11(16)5-6-12(9)13/h5-7,9-10H,8,17H2,1-4H3,(H,18,20)/t9-,10+/m1/s1. The summed E-state index contributed by atoms with van der Waals surface area (Å²) in [6.07, 6.45) is 0.976. The molecule has 1 heterocycles. The van der Waals surface area contributed by atoms with Crippen LogP contribution < -0.4 is 16.2 Å². The lowest BCUT2D eigenvalue weighted by atomic mass is 9.79. The van der Waals surface area contributed by atoms with Gasteiger partial charge in [-0.05, 0) is 50.8 Å². The second-order valence-corrected chi connectivity index (χ2v) is 6.61. The van der Waals surface area contributed by atoms with E-state index in [4.69, 9.17) is 17.4 Å². The molecule has 0 fully saturated rings. The van der Waals surface area contributed by atoms with Gasteiger partial charge in [-0.15, -0.1) is 0 Å². The van der Waals surface area contributed by atoms with Crippen molar-refractivity contribution in [3.8, 4) is 0 Å². The molecular formula is C15H22ClN3O. The van der Waals surface area contributed by atoms with Gasteiger partial charge in [0.25, 0.3) is 5.91 Å². The zero-order chi connectivity index (χ0) is 15.1. The summed E-state index contributed by atoms with van der Waals surface area (Å²) in [6.45, 7) is 8.37. The lowest BCUT2D eigenvalue weighted by Gasteiger charge is -2.49. The fraction of sp³-hybridized carbons (Fsp3) is 0.533. The van der Waals surface area contributed by atoms with Crippen molar-refractivity contribution in [1.29, 1.82) is 0 Å². The maximum atomic E-state index is 12.0. The monoisotopic (exact) mass is 295 g/mol. The van der Waals surface area contributed by atoms with Gasteiger partial charge in [0.2, 0.25) is 0 Å². The van der Waals surface area contributed by atoms with Crippen LogP contribution in [0.15, 0.2) is 18.2 Å². The molecule has 110 valence electrons. The summed E-state index contributed by atoms with van der Waals surface area (Å²) in [5.74, 6) is 5.53. The number of amides is 1. The van der Waals surface area contributed by atoms with E-state index in [1.54, 1.807) is 0 Å². The highest BCUT2D eigenvalue weighted by Gasteiger charge is 2.40. The smallest absolute Gasteiger partial charge is 0.256 e. The molecule has 0 unspecified atom stereocenters. The Morgan fingerprint density at radius 3 is 2.80 bits per heavy atom. The lowest BCUT2D eigenvalue weighted by molar-refractivity contribution is -0.122. The zero-order valence-electron chi connectivity index (χ0n) is 12.4. The normalized spacial score (nSPS) is 22.1. The van der Waals surface area contributed by atoms with Crippen molar-refractivity contribution in [3.63, 3.8) is 0 Å². The van der Waals surface area contributed by atoms with Gasteiger partial charge in [0.05, 0.1) is 0 Å². The lowest BCUT2D eigenvalue weighted by Crippen LogP contribution is -2.58. The van der Waals surface area contributed by atoms with Gasteiger partial charge in [-0.2, -0.15) is 0 Å². The van der Waals surface area contributed by atoms with Crippen LogP contribution in [0.4, 0.5) is 5.69 Å². The maximum Gasteiger partial charge on any atom is 0.256 e.